The van der Waals surface area contributed by atoms with Crippen molar-refractivity contribution in [1.82, 2.24) is 10.2 Å². The summed E-state index contributed by atoms with van der Waals surface area (Å²) in [5, 5.41) is 3.35. The van der Waals surface area contributed by atoms with Gasteiger partial charge in [0.2, 0.25) is 11.8 Å². The van der Waals surface area contributed by atoms with Gasteiger partial charge in [0.25, 0.3) is 10.0 Å². The first-order valence-electron chi connectivity index (χ1n) is 13.3. The van der Waals surface area contributed by atoms with Crippen molar-refractivity contribution >= 4 is 39.1 Å². The van der Waals surface area contributed by atoms with Crippen molar-refractivity contribution in [2.45, 2.75) is 57.6 Å². The minimum Gasteiger partial charge on any atom is -0.494 e. The van der Waals surface area contributed by atoms with Gasteiger partial charge in [-0.2, -0.15) is 0 Å². The van der Waals surface area contributed by atoms with Gasteiger partial charge in [-0.25, -0.2) is 12.8 Å². The van der Waals surface area contributed by atoms with Crippen LogP contribution in [0.25, 0.3) is 0 Å². The Morgan fingerprint density at radius 2 is 1.66 bits per heavy atom. The molecule has 1 N–H and O–H groups in total. The van der Waals surface area contributed by atoms with Gasteiger partial charge < -0.3 is 15.0 Å². The van der Waals surface area contributed by atoms with Crippen LogP contribution in [-0.4, -0.2) is 50.4 Å². The maximum atomic E-state index is 13.9. The first kappa shape index (κ1) is 31.9. The van der Waals surface area contributed by atoms with E-state index in [-0.39, 0.29) is 29.1 Å². The Labute approximate surface area is 246 Å². The van der Waals surface area contributed by atoms with Crippen LogP contribution in [-0.2, 0) is 26.2 Å². The third-order valence-corrected chi connectivity index (χ3v) is 8.55. The molecule has 0 aliphatic carbocycles. The summed E-state index contributed by atoms with van der Waals surface area (Å²) in [7, 11) is -4.32. The van der Waals surface area contributed by atoms with E-state index >= 15 is 0 Å². The van der Waals surface area contributed by atoms with Crippen molar-refractivity contribution in [2.75, 3.05) is 17.5 Å². The maximum absolute atomic E-state index is 13.9. The second kappa shape index (κ2) is 14.3. The van der Waals surface area contributed by atoms with Gasteiger partial charge in [-0.1, -0.05) is 30.7 Å². The van der Waals surface area contributed by atoms with Gasteiger partial charge in [0.15, 0.2) is 0 Å². The number of carbonyl (C=O) groups excluding carboxylic acids is 2. The molecule has 8 nitrogen and oxygen atoms in total. The van der Waals surface area contributed by atoms with E-state index in [2.05, 4.69) is 5.32 Å². The number of benzene rings is 3. The lowest BCUT2D eigenvalue weighted by Gasteiger charge is -2.32. The number of carbonyl (C=O) groups is 2. The van der Waals surface area contributed by atoms with Crippen molar-refractivity contribution < 1.29 is 27.1 Å². The summed E-state index contributed by atoms with van der Waals surface area (Å²) >= 11 is 6.17. The molecule has 220 valence electrons. The van der Waals surface area contributed by atoms with E-state index < -0.39 is 34.3 Å². The highest BCUT2D eigenvalue weighted by molar-refractivity contribution is 7.92. The van der Waals surface area contributed by atoms with E-state index in [4.69, 9.17) is 16.3 Å². The predicted octanol–water partition coefficient (Wildman–Crippen LogP) is 5.41. The fourth-order valence-electron chi connectivity index (χ4n) is 4.02. The van der Waals surface area contributed by atoms with Gasteiger partial charge in [-0.3, -0.25) is 13.9 Å². The van der Waals surface area contributed by atoms with Gasteiger partial charge in [0.1, 0.15) is 24.2 Å². The number of hydrogen-bond donors (Lipinski definition) is 1. The summed E-state index contributed by atoms with van der Waals surface area (Å²) in [5.74, 6) is -1.05. The number of nitrogens with one attached hydrogen (secondary N) is 1. The fourth-order valence-corrected chi connectivity index (χ4v) is 5.65. The van der Waals surface area contributed by atoms with E-state index in [1.807, 2.05) is 20.8 Å². The zero-order chi connectivity index (χ0) is 30.2. The zero-order valence-electron chi connectivity index (χ0n) is 23.5. The quantitative estimate of drug-likeness (QED) is 0.282. The number of ether oxygens (including phenoxy) is 1. The molecule has 3 aromatic rings. The SMILES string of the molecule is CCOc1ccc(N(CC(=O)N(Cc2cccc(Cl)c2)[C@H](C)C(=O)N[C@@H](C)CC)S(=O)(=O)c2ccc(F)cc2)cc1. The molecule has 0 bridgehead atoms. The molecule has 0 heterocycles. The van der Waals surface area contributed by atoms with Crippen molar-refractivity contribution in [3.63, 3.8) is 0 Å². The van der Waals surface area contributed by atoms with Gasteiger partial charge in [0, 0.05) is 17.6 Å². The molecular weight excluding hydrogens is 569 g/mol. The Hall–Kier alpha value is -3.63. The number of anilines is 1. The lowest BCUT2D eigenvalue weighted by atomic mass is 10.1. The zero-order valence-corrected chi connectivity index (χ0v) is 25.1. The van der Waals surface area contributed by atoms with Crippen molar-refractivity contribution in [3.8, 4) is 5.75 Å². The van der Waals surface area contributed by atoms with Crippen molar-refractivity contribution in [2.24, 2.45) is 0 Å². The molecule has 0 spiro atoms. The Kier molecular flexibility index (Phi) is 11.1. The third-order valence-electron chi connectivity index (χ3n) is 6.53. The average molecular weight is 604 g/mol. The van der Waals surface area contributed by atoms with Crippen LogP contribution >= 0.6 is 11.6 Å². The standard InChI is InChI=1S/C30H35ClFN3O5S/c1-5-21(3)33-30(37)22(4)34(19-23-8-7-9-24(31)18-23)29(36)20-35(26-12-14-27(15-13-26)40-6-2)41(38,39)28-16-10-25(32)11-17-28/h7-18,21-22H,5-6,19-20H2,1-4H3,(H,33,37)/t21-,22+/m0/s1. The summed E-state index contributed by atoms with van der Waals surface area (Å²) in [6, 6.07) is 16.4. The minimum absolute atomic E-state index is 0.0161. The van der Waals surface area contributed by atoms with E-state index in [0.717, 1.165) is 28.6 Å². The molecule has 11 heteroatoms. The van der Waals surface area contributed by atoms with E-state index in [9.17, 15) is 22.4 Å². The van der Waals surface area contributed by atoms with Gasteiger partial charge in [-0.15, -0.1) is 0 Å². The minimum atomic E-state index is -4.32. The predicted molar refractivity (Wildman–Crippen MR) is 158 cm³/mol. The molecule has 0 saturated heterocycles. The molecule has 0 aliphatic heterocycles. The number of halogens is 2. The van der Waals surface area contributed by atoms with Crippen molar-refractivity contribution in [1.29, 1.82) is 0 Å². The first-order valence-corrected chi connectivity index (χ1v) is 15.1. The van der Waals surface area contributed by atoms with Crippen LogP contribution in [0.3, 0.4) is 0 Å². The molecule has 0 fully saturated rings. The lowest BCUT2D eigenvalue weighted by molar-refractivity contribution is -0.139. The summed E-state index contributed by atoms with van der Waals surface area (Å²) in [6.45, 7) is 7.03. The van der Waals surface area contributed by atoms with Crippen LogP contribution < -0.4 is 14.4 Å². The Bertz CT molecular complexity index is 1440. The molecule has 2 atom stereocenters. The molecule has 0 aromatic heterocycles. The Morgan fingerprint density at radius 3 is 2.24 bits per heavy atom. The molecule has 0 aliphatic rings. The van der Waals surface area contributed by atoms with Crippen LogP contribution in [0.5, 0.6) is 5.75 Å². The van der Waals surface area contributed by atoms with Crippen LogP contribution in [0, 0.1) is 5.82 Å². The summed E-state index contributed by atoms with van der Waals surface area (Å²) in [5.41, 5.74) is 0.869. The highest BCUT2D eigenvalue weighted by Crippen LogP contribution is 2.27. The summed E-state index contributed by atoms with van der Waals surface area (Å²) in [4.78, 5) is 28.2. The molecule has 2 amide bonds. The topological polar surface area (TPSA) is 96.0 Å². The summed E-state index contributed by atoms with van der Waals surface area (Å²) < 4.78 is 47.7. The highest BCUT2D eigenvalue weighted by atomic mass is 35.5. The normalized spacial score (nSPS) is 12.7. The van der Waals surface area contributed by atoms with Gasteiger partial charge in [-0.05, 0) is 93.4 Å². The average Bonchev–Trinajstić information content (AvgIpc) is 2.95. The fraction of sp³-hybridized carbons (Fsp3) is 0.333. The van der Waals surface area contributed by atoms with Crippen LogP contribution in [0.2, 0.25) is 5.02 Å². The Balaban J connectivity index is 2.03. The molecule has 41 heavy (non-hydrogen) atoms. The number of hydrogen-bond acceptors (Lipinski definition) is 5. The van der Waals surface area contributed by atoms with Gasteiger partial charge >= 0.3 is 0 Å². The summed E-state index contributed by atoms with van der Waals surface area (Å²) in [6.07, 6.45) is 0.697. The highest BCUT2D eigenvalue weighted by Gasteiger charge is 2.33. The number of sulfonamides is 1. The second-order valence-electron chi connectivity index (χ2n) is 9.54. The lowest BCUT2D eigenvalue weighted by Crippen LogP contribution is -2.52. The molecule has 3 rings (SSSR count). The molecule has 0 saturated carbocycles. The third kappa shape index (κ3) is 8.43. The number of amides is 2. The largest absolute Gasteiger partial charge is 0.494 e. The van der Waals surface area contributed by atoms with Crippen LogP contribution in [0.4, 0.5) is 10.1 Å². The van der Waals surface area contributed by atoms with Crippen LogP contribution in [0.15, 0.2) is 77.7 Å². The van der Waals surface area contributed by atoms with E-state index in [0.29, 0.717) is 29.4 Å². The maximum Gasteiger partial charge on any atom is 0.264 e. The number of rotatable bonds is 13. The van der Waals surface area contributed by atoms with Crippen LogP contribution in [0.1, 0.15) is 39.7 Å². The smallest absolute Gasteiger partial charge is 0.264 e. The molecular formula is C30H35ClFN3O5S. The van der Waals surface area contributed by atoms with E-state index in [1.165, 1.54) is 17.0 Å². The van der Waals surface area contributed by atoms with E-state index in [1.54, 1.807) is 43.3 Å². The molecule has 3 aromatic carbocycles. The second-order valence-corrected chi connectivity index (χ2v) is 11.8. The molecule has 0 unspecified atom stereocenters. The van der Waals surface area contributed by atoms with Gasteiger partial charge in [0.05, 0.1) is 17.2 Å². The number of nitrogens with zero attached hydrogens (tertiary/aromatic N) is 2. The first-order chi connectivity index (χ1) is 19.5. The monoisotopic (exact) mass is 603 g/mol. The van der Waals surface area contributed by atoms with Crippen molar-refractivity contribution in [3.05, 3.63) is 89.2 Å². The Morgan fingerprint density at radius 1 is 1.00 bits per heavy atom. The molecule has 0 radical (unpaired) electrons.